The van der Waals surface area contributed by atoms with Crippen LogP contribution in [0.5, 0.6) is 0 Å². The van der Waals surface area contributed by atoms with Crippen LogP contribution in [0, 0.1) is 0 Å². The van der Waals surface area contributed by atoms with Gasteiger partial charge in [0, 0.05) is 22.5 Å². The van der Waals surface area contributed by atoms with Crippen molar-refractivity contribution < 1.29 is 9.00 Å². The lowest BCUT2D eigenvalue weighted by atomic mass is 10.1. The topological polar surface area (TPSA) is 74.8 Å². The Labute approximate surface area is 159 Å². The fourth-order valence-corrected chi connectivity index (χ4v) is 4.31. The van der Waals surface area contributed by atoms with Crippen LogP contribution >= 0.6 is 11.3 Å². The maximum absolute atomic E-state index is 12.9. The molecule has 2 atom stereocenters. The zero-order valence-electron chi connectivity index (χ0n) is 15.3. The first-order valence-corrected chi connectivity index (χ1v) is 10.6. The molecule has 0 radical (unpaired) electrons. The zero-order chi connectivity index (χ0) is 18.9. The van der Waals surface area contributed by atoms with Gasteiger partial charge in [0.2, 0.25) is 5.78 Å². The maximum Gasteiger partial charge on any atom is 0.223 e. The molecule has 0 aliphatic heterocycles. The molecule has 2 aromatic heterocycles. The minimum atomic E-state index is -1.19. The largest absolute Gasteiger partial charge is 0.360 e. The van der Waals surface area contributed by atoms with Gasteiger partial charge in [-0.2, -0.15) is 0 Å². The van der Waals surface area contributed by atoms with Crippen LogP contribution in [0.2, 0.25) is 0 Å². The quantitative estimate of drug-likeness (QED) is 0.615. The van der Waals surface area contributed by atoms with Crippen molar-refractivity contribution in [3.8, 4) is 0 Å². The SMILES string of the molecule is CC[C@H](NS(=O)C(C)(C)C)c1csc(C(=O)c2c[nH]c3ccccc23)n1. The number of hydrogen-bond acceptors (Lipinski definition) is 4. The number of ketones is 1. The third-order valence-electron chi connectivity index (χ3n) is 4.12. The van der Waals surface area contributed by atoms with Gasteiger partial charge in [0.05, 0.1) is 33.0 Å². The van der Waals surface area contributed by atoms with Crippen LogP contribution in [-0.4, -0.2) is 24.7 Å². The fourth-order valence-electron chi connectivity index (χ4n) is 2.58. The van der Waals surface area contributed by atoms with Crippen molar-refractivity contribution >= 4 is 39.0 Å². The highest BCUT2D eigenvalue weighted by molar-refractivity contribution is 7.84. The number of rotatable bonds is 6. The van der Waals surface area contributed by atoms with Gasteiger partial charge in [-0.05, 0) is 33.3 Å². The Hall–Kier alpha value is -1.83. The Morgan fingerprint density at radius 2 is 2.08 bits per heavy atom. The summed E-state index contributed by atoms with van der Waals surface area (Å²) in [5, 5.41) is 3.23. The van der Waals surface area contributed by atoms with E-state index in [1.165, 1.54) is 11.3 Å². The monoisotopic (exact) mass is 389 g/mol. The second kappa shape index (κ2) is 7.42. The van der Waals surface area contributed by atoms with Crippen LogP contribution in [0.15, 0.2) is 35.8 Å². The molecule has 0 aliphatic carbocycles. The van der Waals surface area contributed by atoms with Crippen molar-refractivity contribution in [2.75, 3.05) is 0 Å². The first-order valence-electron chi connectivity index (χ1n) is 8.55. The summed E-state index contributed by atoms with van der Waals surface area (Å²) in [5.41, 5.74) is 2.32. The van der Waals surface area contributed by atoms with Crippen LogP contribution in [0.4, 0.5) is 0 Å². The average molecular weight is 390 g/mol. The van der Waals surface area contributed by atoms with Gasteiger partial charge in [0.15, 0.2) is 5.01 Å². The van der Waals surface area contributed by atoms with Crippen LogP contribution < -0.4 is 4.72 Å². The molecule has 7 heteroatoms. The second-order valence-electron chi connectivity index (χ2n) is 7.11. The van der Waals surface area contributed by atoms with E-state index in [0.29, 0.717) is 10.6 Å². The van der Waals surface area contributed by atoms with E-state index in [-0.39, 0.29) is 16.6 Å². The highest BCUT2D eigenvalue weighted by atomic mass is 32.2. The molecule has 26 heavy (non-hydrogen) atoms. The van der Waals surface area contributed by atoms with Crippen molar-refractivity contribution in [1.82, 2.24) is 14.7 Å². The number of carbonyl (C=O) groups is 1. The summed E-state index contributed by atoms with van der Waals surface area (Å²) < 4.78 is 15.2. The van der Waals surface area contributed by atoms with Crippen LogP contribution in [-0.2, 0) is 11.0 Å². The lowest BCUT2D eigenvalue weighted by Gasteiger charge is -2.22. The highest BCUT2D eigenvalue weighted by Gasteiger charge is 2.25. The Balaban J connectivity index is 1.84. The first kappa shape index (κ1) is 18.9. The van der Waals surface area contributed by atoms with Crippen LogP contribution in [0.1, 0.15) is 61.2 Å². The molecule has 1 aromatic carbocycles. The molecular weight excluding hydrogens is 366 g/mol. The normalized spacial score (nSPS) is 14.5. The van der Waals surface area contributed by atoms with E-state index in [4.69, 9.17) is 0 Å². The minimum absolute atomic E-state index is 0.0921. The number of benzene rings is 1. The van der Waals surface area contributed by atoms with Crippen molar-refractivity contribution in [1.29, 1.82) is 0 Å². The van der Waals surface area contributed by atoms with Crippen molar-refractivity contribution in [2.24, 2.45) is 0 Å². The van der Waals surface area contributed by atoms with E-state index in [1.807, 2.05) is 57.3 Å². The number of aromatic nitrogens is 2. The molecule has 1 unspecified atom stereocenters. The molecule has 138 valence electrons. The Bertz CT molecular complexity index is 953. The lowest BCUT2D eigenvalue weighted by Crippen LogP contribution is -2.35. The molecular formula is C19H23N3O2S2. The number of nitrogens with one attached hydrogen (secondary N) is 2. The predicted octanol–water partition coefficient (Wildman–Crippen LogP) is 4.36. The summed E-state index contributed by atoms with van der Waals surface area (Å²) in [4.78, 5) is 20.5. The standard InChI is InChI=1S/C19H23N3O2S2/c1-5-14(22-26(24)19(2,3)4)16-11-25-18(21-16)17(23)13-10-20-15-9-7-6-8-12(13)15/h6-11,14,20,22H,5H2,1-4H3/t14-,26?/m0/s1. The van der Waals surface area contributed by atoms with Gasteiger partial charge in [0.1, 0.15) is 0 Å². The number of thiazole rings is 1. The summed E-state index contributed by atoms with van der Waals surface area (Å²) in [6.07, 6.45) is 2.48. The predicted molar refractivity (Wildman–Crippen MR) is 108 cm³/mol. The molecule has 3 rings (SSSR count). The smallest absolute Gasteiger partial charge is 0.223 e. The lowest BCUT2D eigenvalue weighted by molar-refractivity contribution is 0.103. The van der Waals surface area contributed by atoms with Crippen molar-refractivity contribution in [3.05, 3.63) is 52.1 Å². The van der Waals surface area contributed by atoms with Gasteiger partial charge < -0.3 is 4.98 Å². The summed E-state index contributed by atoms with van der Waals surface area (Å²) in [5.74, 6) is -0.0921. The highest BCUT2D eigenvalue weighted by Crippen LogP contribution is 2.26. The van der Waals surface area contributed by atoms with Crippen LogP contribution in [0.25, 0.3) is 10.9 Å². The maximum atomic E-state index is 12.9. The van der Waals surface area contributed by atoms with Gasteiger partial charge in [-0.3, -0.25) is 4.79 Å². The van der Waals surface area contributed by atoms with E-state index in [0.717, 1.165) is 23.0 Å². The molecule has 0 saturated carbocycles. The summed E-state index contributed by atoms with van der Waals surface area (Å²) >= 11 is 1.33. The summed E-state index contributed by atoms with van der Waals surface area (Å²) in [6, 6.07) is 7.57. The number of nitrogens with zero attached hydrogens (tertiary/aromatic N) is 1. The van der Waals surface area contributed by atoms with E-state index in [9.17, 15) is 9.00 Å². The van der Waals surface area contributed by atoms with Gasteiger partial charge in [-0.25, -0.2) is 13.9 Å². The molecule has 2 N–H and O–H groups in total. The molecule has 5 nitrogen and oxygen atoms in total. The van der Waals surface area contributed by atoms with Gasteiger partial charge >= 0.3 is 0 Å². The van der Waals surface area contributed by atoms with Crippen molar-refractivity contribution in [2.45, 2.75) is 44.9 Å². The number of fused-ring (bicyclic) bond motifs is 1. The third-order valence-corrected chi connectivity index (χ3v) is 6.59. The third kappa shape index (κ3) is 3.79. The number of aromatic amines is 1. The molecule has 3 aromatic rings. The summed E-state index contributed by atoms with van der Waals surface area (Å²) in [7, 11) is -1.19. The fraction of sp³-hybridized carbons (Fsp3) is 0.368. The Morgan fingerprint density at radius 3 is 2.77 bits per heavy atom. The number of H-pyrrole nitrogens is 1. The van der Waals surface area contributed by atoms with E-state index < -0.39 is 11.0 Å². The molecule has 0 fully saturated rings. The number of para-hydroxylation sites is 1. The first-order chi connectivity index (χ1) is 12.3. The zero-order valence-corrected chi connectivity index (χ0v) is 17.0. The van der Waals surface area contributed by atoms with Crippen molar-refractivity contribution in [3.63, 3.8) is 0 Å². The number of hydrogen-bond donors (Lipinski definition) is 2. The molecule has 0 spiro atoms. The van der Waals surface area contributed by atoms with Crippen LogP contribution in [0.3, 0.4) is 0 Å². The number of carbonyl (C=O) groups excluding carboxylic acids is 1. The van der Waals surface area contributed by atoms with E-state index in [2.05, 4.69) is 14.7 Å². The summed E-state index contributed by atoms with van der Waals surface area (Å²) in [6.45, 7) is 7.79. The average Bonchev–Trinajstić information content (AvgIpc) is 3.25. The van der Waals surface area contributed by atoms with E-state index >= 15 is 0 Å². The van der Waals surface area contributed by atoms with Gasteiger partial charge in [0.25, 0.3) is 0 Å². The second-order valence-corrected chi connectivity index (χ2v) is 9.97. The molecule has 0 aliphatic rings. The van der Waals surface area contributed by atoms with E-state index in [1.54, 1.807) is 6.20 Å². The molecule has 0 bridgehead atoms. The molecule has 2 heterocycles. The van der Waals surface area contributed by atoms with Gasteiger partial charge in [-0.1, -0.05) is 25.1 Å². The Morgan fingerprint density at radius 1 is 1.35 bits per heavy atom. The Kier molecular flexibility index (Phi) is 5.41. The molecule has 0 saturated heterocycles. The molecule has 0 amide bonds. The van der Waals surface area contributed by atoms with Gasteiger partial charge in [-0.15, -0.1) is 11.3 Å². The minimum Gasteiger partial charge on any atom is -0.360 e.